The highest BCUT2D eigenvalue weighted by Gasteiger charge is 2.23. The summed E-state index contributed by atoms with van der Waals surface area (Å²) in [6, 6.07) is 6.36. The second-order valence-corrected chi connectivity index (χ2v) is 7.51. The topological polar surface area (TPSA) is 66.5 Å². The number of anilines is 1. The van der Waals surface area contributed by atoms with E-state index in [0.717, 1.165) is 12.1 Å². The van der Waals surface area contributed by atoms with Crippen LogP contribution >= 0.6 is 0 Å². The minimum Gasteiger partial charge on any atom is -0.312 e. The van der Waals surface area contributed by atoms with Gasteiger partial charge in [0.25, 0.3) is 0 Å². The molecule has 5 nitrogen and oxygen atoms in total. The van der Waals surface area contributed by atoms with Crippen molar-refractivity contribution >= 4 is 21.6 Å². The summed E-state index contributed by atoms with van der Waals surface area (Å²) in [6.45, 7) is 6.48. The van der Waals surface area contributed by atoms with Crippen LogP contribution in [-0.4, -0.2) is 26.9 Å². The molecule has 0 unspecified atom stereocenters. The normalized spacial score (nSPS) is 17.5. The molecule has 0 aliphatic carbocycles. The smallest absolute Gasteiger partial charge is 0.240 e. The number of carbonyl (C=O) groups excluding carboxylic acids is 1. The van der Waals surface area contributed by atoms with Crippen LogP contribution < -0.4 is 9.62 Å². The van der Waals surface area contributed by atoms with Gasteiger partial charge in [0.05, 0.1) is 4.90 Å². The van der Waals surface area contributed by atoms with Crippen molar-refractivity contribution in [3.05, 3.63) is 24.3 Å². The molecule has 1 saturated heterocycles. The summed E-state index contributed by atoms with van der Waals surface area (Å²) in [5.74, 6) is 0.318. The predicted octanol–water partition coefficient (Wildman–Crippen LogP) is 2.14. The van der Waals surface area contributed by atoms with Gasteiger partial charge in [-0.15, -0.1) is 0 Å². The first-order chi connectivity index (χ1) is 9.81. The SMILES string of the molecule is CC(C)[C@H](C)NS(=O)(=O)c1ccc(N2CCCC2=O)cc1. The number of amides is 1. The van der Waals surface area contributed by atoms with E-state index in [1.807, 2.05) is 20.8 Å². The number of benzene rings is 1. The van der Waals surface area contributed by atoms with Crippen molar-refractivity contribution in [1.82, 2.24) is 4.72 Å². The van der Waals surface area contributed by atoms with Gasteiger partial charge in [0, 0.05) is 24.7 Å². The Morgan fingerprint density at radius 3 is 2.24 bits per heavy atom. The van der Waals surface area contributed by atoms with Crippen LogP contribution in [0.2, 0.25) is 0 Å². The van der Waals surface area contributed by atoms with Crippen LogP contribution in [0.15, 0.2) is 29.2 Å². The lowest BCUT2D eigenvalue weighted by molar-refractivity contribution is -0.117. The van der Waals surface area contributed by atoms with Gasteiger partial charge < -0.3 is 4.90 Å². The molecule has 0 saturated carbocycles. The molecule has 2 rings (SSSR count). The van der Waals surface area contributed by atoms with Gasteiger partial charge in [-0.25, -0.2) is 13.1 Å². The van der Waals surface area contributed by atoms with Crippen molar-refractivity contribution in [3.63, 3.8) is 0 Å². The maximum absolute atomic E-state index is 12.3. The lowest BCUT2D eigenvalue weighted by Crippen LogP contribution is -2.36. The second-order valence-electron chi connectivity index (χ2n) is 5.80. The molecule has 1 atom stereocenters. The molecule has 116 valence electrons. The monoisotopic (exact) mass is 310 g/mol. The second kappa shape index (κ2) is 6.15. The first-order valence-electron chi connectivity index (χ1n) is 7.24. The van der Waals surface area contributed by atoms with E-state index < -0.39 is 10.0 Å². The highest BCUT2D eigenvalue weighted by atomic mass is 32.2. The summed E-state index contributed by atoms with van der Waals surface area (Å²) in [4.78, 5) is 13.6. The molecule has 0 bridgehead atoms. The molecule has 1 aliphatic rings. The fourth-order valence-corrected chi connectivity index (χ4v) is 3.57. The highest BCUT2D eigenvalue weighted by Crippen LogP contribution is 2.23. The standard InChI is InChI=1S/C15H22N2O3S/c1-11(2)12(3)16-21(19,20)14-8-6-13(7-9-14)17-10-4-5-15(17)18/h6-9,11-12,16H,4-5,10H2,1-3H3/t12-/m0/s1. The Kier molecular flexibility index (Phi) is 4.68. The molecule has 1 aromatic rings. The van der Waals surface area contributed by atoms with Crippen molar-refractivity contribution in [2.45, 2.75) is 44.6 Å². The third-order valence-corrected chi connectivity index (χ3v) is 5.45. The molecule has 1 aliphatic heterocycles. The Morgan fingerprint density at radius 1 is 1.14 bits per heavy atom. The van der Waals surface area contributed by atoms with E-state index in [0.29, 0.717) is 13.0 Å². The largest absolute Gasteiger partial charge is 0.312 e. The van der Waals surface area contributed by atoms with Gasteiger partial charge in [-0.3, -0.25) is 4.79 Å². The fraction of sp³-hybridized carbons (Fsp3) is 0.533. The number of sulfonamides is 1. The molecule has 0 spiro atoms. The Hall–Kier alpha value is -1.40. The van der Waals surface area contributed by atoms with Crippen molar-refractivity contribution in [3.8, 4) is 0 Å². The first-order valence-corrected chi connectivity index (χ1v) is 8.72. The van der Waals surface area contributed by atoms with Gasteiger partial charge in [0.1, 0.15) is 0 Å². The zero-order valence-electron chi connectivity index (χ0n) is 12.7. The first kappa shape index (κ1) is 16.0. The van der Waals surface area contributed by atoms with E-state index in [4.69, 9.17) is 0 Å². The fourth-order valence-electron chi connectivity index (χ4n) is 2.18. The van der Waals surface area contributed by atoms with Crippen LogP contribution in [0.3, 0.4) is 0 Å². The molecule has 1 amide bonds. The minimum absolute atomic E-state index is 0.0946. The third-order valence-electron chi connectivity index (χ3n) is 3.87. The maximum atomic E-state index is 12.3. The molecule has 1 N–H and O–H groups in total. The Morgan fingerprint density at radius 2 is 1.76 bits per heavy atom. The van der Waals surface area contributed by atoms with Gasteiger partial charge in [0.15, 0.2) is 0 Å². The van der Waals surface area contributed by atoms with E-state index in [-0.39, 0.29) is 22.8 Å². The van der Waals surface area contributed by atoms with E-state index >= 15 is 0 Å². The van der Waals surface area contributed by atoms with E-state index in [2.05, 4.69) is 4.72 Å². The van der Waals surface area contributed by atoms with Gasteiger partial charge in [-0.1, -0.05) is 13.8 Å². The molecule has 1 heterocycles. The summed E-state index contributed by atoms with van der Waals surface area (Å²) in [5.41, 5.74) is 0.758. The quantitative estimate of drug-likeness (QED) is 0.906. The Bertz CT molecular complexity index is 608. The van der Waals surface area contributed by atoms with Gasteiger partial charge in [-0.05, 0) is 43.5 Å². The molecule has 6 heteroatoms. The Balaban J connectivity index is 2.16. The highest BCUT2D eigenvalue weighted by molar-refractivity contribution is 7.89. The Labute approximate surface area is 126 Å². The zero-order chi connectivity index (χ0) is 15.6. The number of hydrogen-bond acceptors (Lipinski definition) is 3. The zero-order valence-corrected chi connectivity index (χ0v) is 13.5. The lowest BCUT2D eigenvalue weighted by atomic mass is 10.1. The average Bonchev–Trinajstić information content (AvgIpc) is 2.84. The van der Waals surface area contributed by atoms with Crippen molar-refractivity contribution in [2.75, 3.05) is 11.4 Å². The number of nitrogens with zero attached hydrogens (tertiary/aromatic N) is 1. The molecule has 1 fully saturated rings. The summed E-state index contributed by atoms with van der Waals surface area (Å²) in [7, 11) is -3.51. The van der Waals surface area contributed by atoms with Gasteiger partial charge >= 0.3 is 0 Å². The van der Waals surface area contributed by atoms with Crippen molar-refractivity contribution in [2.24, 2.45) is 5.92 Å². The van der Waals surface area contributed by atoms with E-state index in [1.54, 1.807) is 29.2 Å². The van der Waals surface area contributed by atoms with Crippen LogP contribution in [-0.2, 0) is 14.8 Å². The molecular weight excluding hydrogens is 288 g/mol. The van der Waals surface area contributed by atoms with Gasteiger partial charge in [0.2, 0.25) is 15.9 Å². The lowest BCUT2D eigenvalue weighted by Gasteiger charge is -2.19. The molecule has 0 aromatic heterocycles. The van der Waals surface area contributed by atoms with Crippen LogP contribution in [0.1, 0.15) is 33.6 Å². The van der Waals surface area contributed by atoms with Crippen LogP contribution in [0.4, 0.5) is 5.69 Å². The van der Waals surface area contributed by atoms with Crippen LogP contribution in [0, 0.1) is 5.92 Å². The van der Waals surface area contributed by atoms with Crippen LogP contribution in [0.25, 0.3) is 0 Å². The number of nitrogens with one attached hydrogen (secondary N) is 1. The number of carbonyl (C=O) groups is 1. The van der Waals surface area contributed by atoms with Gasteiger partial charge in [-0.2, -0.15) is 0 Å². The molecular formula is C15H22N2O3S. The van der Waals surface area contributed by atoms with Crippen LogP contribution in [0.5, 0.6) is 0 Å². The van der Waals surface area contributed by atoms with Crippen molar-refractivity contribution in [1.29, 1.82) is 0 Å². The van der Waals surface area contributed by atoms with E-state index in [9.17, 15) is 13.2 Å². The summed E-state index contributed by atoms with van der Waals surface area (Å²) >= 11 is 0. The number of hydrogen-bond donors (Lipinski definition) is 1. The van der Waals surface area contributed by atoms with E-state index in [1.165, 1.54) is 0 Å². The molecule has 1 aromatic carbocycles. The average molecular weight is 310 g/mol. The molecule has 21 heavy (non-hydrogen) atoms. The molecule has 0 radical (unpaired) electrons. The minimum atomic E-state index is -3.51. The summed E-state index contributed by atoms with van der Waals surface area (Å²) in [6.07, 6.45) is 1.42. The number of rotatable bonds is 5. The summed E-state index contributed by atoms with van der Waals surface area (Å²) < 4.78 is 27.2. The maximum Gasteiger partial charge on any atom is 0.240 e. The third kappa shape index (κ3) is 3.63. The van der Waals surface area contributed by atoms with Crippen molar-refractivity contribution < 1.29 is 13.2 Å². The predicted molar refractivity (Wildman–Crippen MR) is 82.7 cm³/mol. The summed E-state index contributed by atoms with van der Waals surface area (Å²) in [5, 5.41) is 0.